The van der Waals surface area contributed by atoms with Crippen LogP contribution in [-0.4, -0.2) is 58.9 Å². The number of pyridine rings is 1. The number of aliphatic hydroxyl groups is 1. The van der Waals surface area contributed by atoms with Crippen molar-refractivity contribution in [3.05, 3.63) is 47.7 Å². The van der Waals surface area contributed by atoms with Crippen molar-refractivity contribution in [2.24, 2.45) is 11.8 Å². The van der Waals surface area contributed by atoms with Crippen molar-refractivity contribution in [2.75, 3.05) is 25.4 Å². The number of nitrogens with two attached hydrogens (primary N) is 1. The second-order valence-electron chi connectivity index (χ2n) is 10.4. The number of nitrogens with one attached hydrogen (secondary N) is 1. The van der Waals surface area contributed by atoms with E-state index in [1.54, 1.807) is 12.3 Å². The smallest absolute Gasteiger partial charge is 0.393 e. The van der Waals surface area contributed by atoms with Crippen molar-refractivity contribution in [3.63, 3.8) is 0 Å². The van der Waals surface area contributed by atoms with E-state index in [4.69, 9.17) is 5.73 Å². The topological polar surface area (TPSA) is 91.5 Å². The van der Waals surface area contributed by atoms with Gasteiger partial charge in [-0.05, 0) is 54.7 Å². The van der Waals surface area contributed by atoms with E-state index in [2.05, 4.69) is 17.2 Å². The molecule has 1 amide bonds. The second kappa shape index (κ2) is 8.78. The zero-order valence-corrected chi connectivity index (χ0v) is 19.7. The number of fused-ring (bicyclic) bond motifs is 1. The van der Waals surface area contributed by atoms with Gasteiger partial charge in [0.05, 0.1) is 18.2 Å². The summed E-state index contributed by atoms with van der Waals surface area (Å²) < 4.78 is 38.7. The summed E-state index contributed by atoms with van der Waals surface area (Å²) in [7, 11) is 0. The number of likely N-dealkylation sites (tertiary alicyclic amines) is 1. The summed E-state index contributed by atoms with van der Waals surface area (Å²) in [6.07, 6.45) is -0.0763. The van der Waals surface area contributed by atoms with Crippen LogP contribution >= 0.6 is 0 Å². The number of nitrogens with zero attached hydrogens (tertiary/aromatic N) is 2. The molecule has 1 aliphatic heterocycles. The lowest BCUT2D eigenvalue weighted by Gasteiger charge is -2.26. The highest BCUT2D eigenvalue weighted by Gasteiger charge is 2.67. The van der Waals surface area contributed by atoms with Crippen LogP contribution in [0.3, 0.4) is 0 Å². The third-order valence-corrected chi connectivity index (χ3v) is 8.26. The Bertz CT molecular complexity index is 1100. The van der Waals surface area contributed by atoms with E-state index in [9.17, 15) is 23.1 Å². The molecule has 3 fully saturated rings. The minimum Gasteiger partial charge on any atom is -0.393 e. The minimum atomic E-state index is -4.19. The Hall–Kier alpha value is -2.65. The van der Waals surface area contributed by atoms with E-state index in [1.165, 1.54) is 4.90 Å². The molecular formula is C26H31F3N4O2. The molecule has 188 valence electrons. The number of rotatable bonds is 5. The Labute approximate surface area is 202 Å². The van der Waals surface area contributed by atoms with Crippen LogP contribution in [0.4, 0.5) is 19.0 Å². The molecule has 6 nitrogen and oxygen atoms in total. The number of alkyl halides is 3. The normalized spacial score (nSPS) is 30.7. The molecule has 5 rings (SSSR count). The monoisotopic (exact) mass is 488 g/mol. The summed E-state index contributed by atoms with van der Waals surface area (Å²) in [5.41, 5.74) is 8.76. The first kappa shape index (κ1) is 24.1. The van der Waals surface area contributed by atoms with Crippen LogP contribution in [0.2, 0.25) is 0 Å². The van der Waals surface area contributed by atoms with Crippen molar-refractivity contribution in [3.8, 4) is 11.1 Å². The summed E-state index contributed by atoms with van der Waals surface area (Å²) in [6, 6.07) is 9.60. The van der Waals surface area contributed by atoms with Crippen molar-refractivity contribution in [1.82, 2.24) is 15.2 Å². The number of benzene rings is 1. The number of aromatic nitrogens is 1. The number of hydrogen-bond donors (Lipinski definition) is 3. The molecule has 2 aliphatic carbocycles. The summed E-state index contributed by atoms with van der Waals surface area (Å²) in [5, 5.41) is 12.7. The van der Waals surface area contributed by atoms with Gasteiger partial charge in [-0.3, -0.25) is 9.69 Å². The van der Waals surface area contributed by atoms with Crippen molar-refractivity contribution < 1.29 is 23.1 Å². The molecular weight excluding hydrogens is 457 g/mol. The highest BCUT2D eigenvalue weighted by molar-refractivity contribution is 5.99. The first-order chi connectivity index (χ1) is 16.6. The highest BCUT2D eigenvalue weighted by Crippen LogP contribution is 2.64. The molecule has 1 aromatic heterocycles. The fourth-order valence-electron chi connectivity index (χ4n) is 6.23. The van der Waals surface area contributed by atoms with Crippen LogP contribution in [-0.2, 0) is 5.41 Å². The Morgan fingerprint density at radius 2 is 1.89 bits per heavy atom. The molecule has 3 atom stereocenters. The van der Waals surface area contributed by atoms with Gasteiger partial charge in [0.1, 0.15) is 5.82 Å². The first-order valence-corrected chi connectivity index (χ1v) is 12.2. The zero-order valence-electron chi connectivity index (χ0n) is 19.7. The summed E-state index contributed by atoms with van der Waals surface area (Å²) in [5.74, 6) is 0.472. The molecule has 2 aromatic rings. The van der Waals surface area contributed by atoms with E-state index in [0.717, 1.165) is 29.5 Å². The lowest BCUT2D eigenvalue weighted by atomic mass is 9.91. The standard InChI is InChI=1S/C26H31F3N4O2/c1-15-22-12-33(14-26(27,28)29)13-25(15,22)18-4-2-16(3-5-18)17-10-21(23(30)31-11-17)24(35)32-19-6-8-20(34)9-7-19/h2-5,10-11,15,19-20,22,34H,6-9,12-14H2,1H3,(H2,30,31)(H,32,35)/t15?,19-,20-,22-,25+/m1/s1. The molecule has 3 aliphatic rings. The molecule has 1 unspecified atom stereocenters. The Morgan fingerprint density at radius 1 is 1.20 bits per heavy atom. The van der Waals surface area contributed by atoms with Crippen LogP contribution < -0.4 is 11.1 Å². The summed E-state index contributed by atoms with van der Waals surface area (Å²) in [6.45, 7) is 2.15. The minimum absolute atomic E-state index is 0.00398. The third-order valence-electron chi connectivity index (χ3n) is 8.26. The fraction of sp³-hybridized carbons (Fsp3) is 0.538. The van der Waals surface area contributed by atoms with Gasteiger partial charge in [-0.1, -0.05) is 31.2 Å². The van der Waals surface area contributed by atoms with Gasteiger partial charge in [-0.25, -0.2) is 4.98 Å². The van der Waals surface area contributed by atoms with Crippen molar-refractivity contribution >= 4 is 11.7 Å². The fourth-order valence-corrected chi connectivity index (χ4v) is 6.23. The molecule has 1 aromatic carbocycles. The Kier molecular flexibility index (Phi) is 6.04. The summed E-state index contributed by atoms with van der Waals surface area (Å²) in [4.78, 5) is 18.6. The maximum Gasteiger partial charge on any atom is 0.401 e. The van der Waals surface area contributed by atoms with Gasteiger partial charge >= 0.3 is 6.18 Å². The summed E-state index contributed by atoms with van der Waals surface area (Å²) >= 11 is 0. The van der Waals surface area contributed by atoms with Gasteiger partial charge < -0.3 is 16.2 Å². The lowest BCUT2D eigenvalue weighted by molar-refractivity contribution is -0.145. The molecule has 9 heteroatoms. The molecule has 0 radical (unpaired) electrons. The van der Waals surface area contributed by atoms with Gasteiger partial charge in [0.15, 0.2) is 0 Å². The lowest BCUT2D eigenvalue weighted by Crippen LogP contribution is -2.38. The SMILES string of the molecule is CC1[C@H]2CN(CC(F)(F)F)C[C@@]12c1ccc(-c2cnc(N)c(C(=O)N[C@H]3CC[C@H](O)CC3)c2)cc1. The second-order valence-corrected chi connectivity index (χ2v) is 10.4. The molecule has 0 spiro atoms. The van der Waals surface area contributed by atoms with Crippen molar-refractivity contribution in [1.29, 1.82) is 0 Å². The van der Waals surface area contributed by atoms with E-state index < -0.39 is 12.7 Å². The molecule has 0 bridgehead atoms. The molecule has 2 saturated carbocycles. The number of hydrogen-bond acceptors (Lipinski definition) is 5. The van der Waals surface area contributed by atoms with E-state index in [0.29, 0.717) is 37.4 Å². The number of halogens is 3. The van der Waals surface area contributed by atoms with Gasteiger partial charge in [0, 0.05) is 36.3 Å². The van der Waals surface area contributed by atoms with Gasteiger partial charge in [0.25, 0.3) is 5.91 Å². The Morgan fingerprint density at radius 3 is 2.54 bits per heavy atom. The zero-order chi connectivity index (χ0) is 25.0. The molecule has 1 saturated heterocycles. The Balaban J connectivity index is 1.31. The average Bonchev–Trinajstić information content (AvgIpc) is 3.16. The van der Waals surface area contributed by atoms with Crippen LogP contribution in [0, 0.1) is 11.8 Å². The van der Waals surface area contributed by atoms with Crippen LogP contribution in [0.25, 0.3) is 11.1 Å². The predicted octanol–water partition coefficient (Wildman–Crippen LogP) is 3.75. The van der Waals surface area contributed by atoms with Gasteiger partial charge in [-0.2, -0.15) is 13.2 Å². The van der Waals surface area contributed by atoms with Gasteiger partial charge in [0.2, 0.25) is 0 Å². The van der Waals surface area contributed by atoms with Gasteiger partial charge in [-0.15, -0.1) is 0 Å². The van der Waals surface area contributed by atoms with Crippen LogP contribution in [0.1, 0.15) is 48.5 Å². The number of nitrogen functional groups attached to an aromatic ring is 1. The van der Waals surface area contributed by atoms with E-state index >= 15 is 0 Å². The van der Waals surface area contributed by atoms with E-state index in [1.807, 2.05) is 24.3 Å². The average molecular weight is 489 g/mol. The van der Waals surface area contributed by atoms with E-state index in [-0.39, 0.29) is 35.2 Å². The van der Waals surface area contributed by atoms with Crippen molar-refractivity contribution in [2.45, 2.75) is 56.3 Å². The maximum absolute atomic E-state index is 12.9. The van der Waals surface area contributed by atoms with Crippen LogP contribution in [0.15, 0.2) is 36.5 Å². The quantitative estimate of drug-likeness (QED) is 0.597. The highest BCUT2D eigenvalue weighted by atomic mass is 19.4. The van der Waals surface area contributed by atoms with Crippen LogP contribution in [0.5, 0.6) is 0 Å². The maximum atomic E-state index is 12.9. The number of aliphatic hydroxyl groups excluding tert-OH is 1. The predicted molar refractivity (Wildman–Crippen MR) is 127 cm³/mol. The molecule has 35 heavy (non-hydrogen) atoms. The number of piperidine rings is 1. The first-order valence-electron chi connectivity index (χ1n) is 12.2. The largest absolute Gasteiger partial charge is 0.401 e. The third kappa shape index (κ3) is 4.63. The number of amides is 1. The molecule has 4 N–H and O–H groups in total. The number of carbonyl (C=O) groups is 1. The molecule has 2 heterocycles. The number of carbonyl (C=O) groups excluding carboxylic acids is 1. The number of anilines is 1.